The topological polar surface area (TPSA) is 96.3 Å². The molecule has 0 radical (unpaired) electrons. The molecule has 0 bridgehead atoms. The highest BCUT2D eigenvalue weighted by Crippen LogP contribution is 2.24. The van der Waals surface area contributed by atoms with Crippen molar-refractivity contribution in [2.24, 2.45) is 0 Å². The van der Waals surface area contributed by atoms with Crippen LogP contribution in [0.2, 0.25) is 0 Å². The Labute approximate surface area is 208 Å². The van der Waals surface area contributed by atoms with E-state index in [4.69, 9.17) is 0 Å². The molecular weight excluding hydrogens is 454 g/mol. The van der Waals surface area contributed by atoms with E-state index in [1.165, 1.54) is 15.8 Å². The van der Waals surface area contributed by atoms with E-state index >= 15 is 0 Å². The van der Waals surface area contributed by atoms with Crippen molar-refractivity contribution in [3.63, 3.8) is 0 Å². The van der Waals surface area contributed by atoms with E-state index in [1.807, 2.05) is 26.0 Å². The number of hydrogen-bond acceptors (Lipinski definition) is 5. The van der Waals surface area contributed by atoms with Crippen molar-refractivity contribution in [1.82, 2.24) is 20.6 Å². The molecule has 2 N–H and O–H groups in total. The van der Waals surface area contributed by atoms with Gasteiger partial charge in [0, 0.05) is 29.7 Å². The minimum absolute atomic E-state index is 0.0694. The number of amides is 2. The van der Waals surface area contributed by atoms with Crippen molar-refractivity contribution in [2.45, 2.75) is 32.9 Å². The molecule has 1 aliphatic rings. The predicted octanol–water partition coefficient (Wildman–Crippen LogP) is 3.61. The lowest BCUT2D eigenvalue weighted by atomic mass is 9.99. The fraction of sp³-hybridized carbons (Fsp3) is 0.214. The lowest BCUT2D eigenvalue weighted by Crippen LogP contribution is -2.43. The number of nitrogens with zero attached hydrogens (tertiary/aromatic N) is 3. The first-order valence-electron chi connectivity index (χ1n) is 12.0. The molecule has 0 saturated heterocycles. The molecule has 8 heteroatoms. The molecule has 2 amide bonds. The number of hydrazine groups is 1. The van der Waals surface area contributed by atoms with Gasteiger partial charge in [0.15, 0.2) is 5.69 Å². The molecular formula is C28H27N5O3. The second kappa shape index (κ2) is 9.65. The zero-order valence-electron chi connectivity index (χ0n) is 20.2. The van der Waals surface area contributed by atoms with Crippen LogP contribution in [0.25, 0.3) is 10.8 Å². The number of benzene rings is 3. The van der Waals surface area contributed by atoms with Gasteiger partial charge in [0.25, 0.3) is 17.4 Å². The number of nitrogens with one attached hydrogen (secondary N) is 2. The molecule has 0 saturated carbocycles. The summed E-state index contributed by atoms with van der Waals surface area (Å²) in [5.74, 6) is -1.04. The lowest BCUT2D eigenvalue weighted by molar-refractivity contribution is 0.0843. The van der Waals surface area contributed by atoms with Crippen molar-refractivity contribution < 1.29 is 9.59 Å². The highest BCUT2D eigenvalue weighted by atomic mass is 16.2. The third-order valence-corrected chi connectivity index (χ3v) is 6.45. The second-order valence-electron chi connectivity index (χ2n) is 9.13. The molecule has 4 aromatic rings. The summed E-state index contributed by atoms with van der Waals surface area (Å²) in [5.41, 5.74) is 8.85. The first kappa shape index (κ1) is 23.3. The minimum Gasteiger partial charge on any atom is -0.367 e. The molecule has 0 aliphatic carbocycles. The summed E-state index contributed by atoms with van der Waals surface area (Å²) in [6, 6.07) is 22.3. The average Bonchev–Trinajstić information content (AvgIpc) is 2.91. The van der Waals surface area contributed by atoms with Gasteiger partial charge in [0.2, 0.25) is 0 Å². The molecule has 1 aromatic heterocycles. The Bertz CT molecular complexity index is 1510. The van der Waals surface area contributed by atoms with Crippen LogP contribution < -0.4 is 21.3 Å². The van der Waals surface area contributed by atoms with E-state index in [2.05, 4.69) is 45.1 Å². The molecule has 2 heterocycles. The van der Waals surface area contributed by atoms with E-state index in [-0.39, 0.29) is 17.3 Å². The Hall–Kier alpha value is -4.46. The van der Waals surface area contributed by atoms with Crippen molar-refractivity contribution in [3.05, 3.63) is 106 Å². The van der Waals surface area contributed by atoms with E-state index in [0.717, 1.165) is 25.2 Å². The lowest BCUT2D eigenvalue weighted by Gasteiger charge is -2.30. The Morgan fingerprint density at radius 2 is 1.47 bits per heavy atom. The monoisotopic (exact) mass is 481 g/mol. The minimum atomic E-state index is -0.599. The molecule has 0 spiro atoms. The Morgan fingerprint density at radius 1 is 0.833 bits per heavy atom. The molecule has 3 aromatic carbocycles. The van der Waals surface area contributed by atoms with Gasteiger partial charge >= 0.3 is 0 Å². The van der Waals surface area contributed by atoms with Gasteiger partial charge in [0.05, 0.1) is 11.4 Å². The zero-order valence-corrected chi connectivity index (χ0v) is 20.2. The maximum absolute atomic E-state index is 12.9. The van der Waals surface area contributed by atoms with Crippen LogP contribution in [0.15, 0.2) is 77.6 Å². The van der Waals surface area contributed by atoms with Gasteiger partial charge in [-0.25, -0.2) is 4.68 Å². The van der Waals surface area contributed by atoms with Gasteiger partial charge in [-0.3, -0.25) is 25.2 Å². The van der Waals surface area contributed by atoms with E-state index in [1.54, 1.807) is 36.4 Å². The standard InChI is InChI=1S/C28H27N5O3/c1-18(2)33-28(36)24-10-6-5-9-23(24)25(31-33)27(35)30-29-26(34)20-11-13-22(14-12-20)32-16-15-19-7-3-4-8-21(19)17-32/h3-14,18H,15-17H2,1-2H3,(H,29,34)(H,30,35). The number of carbonyl (C=O) groups is 2. The molecule has 8 nitrogen and oxygen atoms in total. The zero-order chi connectivity index (χ0) is 25.2. The summed E-state index contributed by atoms with van der Waals surface area (Å²) in [6.07, 6.45) is 0.983. The van der Waals surface area contributed by atoms with Crippen molar-refractivity contribution in [2.75, 3.05) is 11.4 Å². The number of rotatable bonds is 4. The fourth-order valence-corrected chi connectivity index (χ4v) is 4.51. The maximum Gasteiger partial charge on any atom is 0.290 e. The van der Waals surface area contributed by atoms with Crippen LogP contribution in [0.5, 0.6) is 0 Å². The van der Waals surface area contributed by atoms with E-state index < -0.39 is 11.8 Å². The summed E-state index contributed by atoms with van der Waals surface area (Å²) in [6.45, 7) is 5.38. The van der Waals surface area contributed by atoms with Gasteiger partial charge in [-0.15, -0.1) is 0 Å². The SMILES string of the molecule is CC(C)n1nc(C(=O)NNC(=O)c2ccc(N3CCc4ccccc4C3)cc2)c2ccccc2c1=O. The quantitative estimate of drug-likeness (QED) is 0.434. The van der Waals surface area contributed by atoms with Gasteiger partial charge in [-0.1, -0.05) is 42.5 Å². The number of anilines is 1. The number of fused-ring (bicyclic) bond motifs is 2. The third-order valence-electron chi connectivity index (χ3n) is 6.45. The van der Waals surface area contributed by atoms with Crippen molar-refractivity contribution in [1.29, 1.82) is 0 Å². The van der Waals surface area contributed by atoms with Crippen LogP contribution in [0.4, 0.5) is 5.69 Å². The number of hydrogen-bond donors (Lipinski definition) is 2. The summed E-state index contributed by atoms with van der Waals surface area (Å²) in [5, 5.41) is 5.09. The largest absolute Gasteiger partial charge is 0.367 e. The highest BCUT2D eigenvalue weighted by Gasteiger charge is 2.19. The number of carbonyl (C=O) groups excluding carboxylic acids is 2. The number of aromatic nitrogens is 2. The molecule has 0 atom stereocenters. The van der Waals surface area contributed by atoms with Crippen LogP contribution in [-0.4, -0.2) is 28.1 Å². The molecule has 36 heavy (non-hydrogen) atoms. The summed E-state index contributed by atoms with van der Waals surface area (Å²) < 4.78 is 1.27. The average molecular weight is 482 g/mol. The van der Waals surface area contributed by atoms with Gasteiger partial charge in [-0.05, 0) is 61.7 Å². The van der Waals surface area contributed by atoms with Crippen molar-refractivity contribution in [3.8, 4) is 0 Å². The molecule has 5 rings (SSSR count). The molecule has 1 aliphatic heterocycles. The summed E-state index contributed by atoms with van der Waals surface area (Å²) in [4.78, 5) is 40.6. The highest BCUT2D eigenvalue weighted by molar-refractivity contribution is 6.06. The summed E-state index contributed by atoms with van der Waals surface area (Å²) >= 11 is 0. The molecule has 182 valence electrons. The van der Waals surface area contributed by atoms with Crippen LogP contribution in [0.1, 0.15) is 51.9 Å². The third kappa shape index (κ3) is 4.45. The van der Waals surface area contributed by atoms with Gasteiger partial charge in [0.1, 0.15) is 0 Å². The van der Waals surface area contributed by atoms with Crippen molar-refractivity contribution >= 4 is 28.3 Å². The Morgan fingerprint density at radius 3 is 2.19 bits per heavy atom. The van der Waals surface area contributed by atoms with Crippen LogP contribution in [-0.2, 0) is 13.0 Å². The second-order valence-corrected chi connectivity index (χ2v) is 9.13. The maximum atomic E-state index is 12.9. The smallest absolute Gasteiger partial charge is 0.290 e. The first-order valence-corrected chi connectivity index (χ1v) is 12.0. The van der Waals surface area contributed by atoms with E-state index in [0.29, 0.717) is 16.3 Å². The Kier molecular flexibility index (Phi) is 6.25. The van der Waals surface area contributed by atoms with Crippen LogP contribution in [0, 0.1) is 0 Å². The van der Waals surface area contributed by atoms with Gasteiger partial charge in [-0.2, -0.15) is 5.10 Å². The summed E-state index contributed by atoms with van der Waals surface area (Å²) in [7, 11) is 0. The van der Waals surface area contributed by atoms with Crippen LogP contribution >= 0.6 is 0 Å². The first-order chi connectivity index (χ1) is 17.4. The van der Waals surface area contributed by atoms with Gasteiger partial charge < -0.3 is 4.90 Å². The van der Waals surface area contributed by atoms with Crippen LogP contribution in [0.3, 0.4) is 0 Å². The predicted molar refractivity (Wildman–Crippen MR) is 139 cm³/mol. The molecule has 0 fully saturated rings. The normalized spacial score (nSPS) is 12.9. The molecule has 0 unspecified atom stereocenters. The Balaban J connectivity index is 1.28. The fourth-order valence-electron chi connectivity index (χ4n) is 4.51. The van der Waals surface area contributed by atoms with E-state index in [9.17, 15) is 14.4 Å².